The molecule has 5 nitrogen and oxygen atoms in total. The van der Waals surface area contributed by atoms with Crippen LogP contribution in [0.2, 0.25) is 0 Å². The molecule has 0 aromatic heterocycles. The van der Waals surface area contributed by atoms with Crippen molar-refractivity contribution in [1.29, 1.82) is 0 Å². The third-order valence-corrected chi connectivity index (χ3v) is 4.01. The van der Waals surface area contributed by atoms with Crippen LogP contribution >= 0.6 is 37.9 Å². The SMILES string of the molecule is O=C1N(CCCS)CN(CCCS)C(=O)N1CCCS. The zero-order chi connectivity index (χ0) is 15.0. The van der Waals surface area contributed by atoms with Crippen molar-refractivity contribution in [2.45, 2.75) is 19.3 Å². The van der Waals surface area contributed by atoms with Gasteiger partial charge in [0.1, 0.15) is 0 Å². The third-order valence-electron chi connectivity index (χ3n) is 3.06. The van der Waals surface area contributed by atoms with Gasteiger partial charge in [0.05, 0.1) is 6.67 Å². The number of thiol groups is 3. The number of nitrogens with zero attached hydrogens (tertiary/aromatic N) is 3. The van der Waals surface area contributed by atoms with Gasteiger partial charge < -0.3 is 9.80 Å². The van der Waals surface area contributed by atoms with Crippen molar-refractivity contribution >= 4 is 49.9 Å². The van der Waals surface area contributed by atoms with Crippen LogP contribution in [0, 0.1) is 0 Å². The molecule has 0 aromatic carbocycles. The van der Waals surface area contributed by atoms with Crippen molar-refractivity contribution in [2.24, 2.45) is 0 Å². The van der Waals surface area contributed by atoms with E-state index in [1.807, 2.05) is 0 Å². The normalized spacial score (nSPS) is 16.2. The van der Waals surface area contributed by atoms with E-state index in [-0.39, 0.29) is 12.1 Å². The van der Waals surface area contributed by atoms with E-state index < -0.39 is 0 Å². The molecule has 1 heterocycles. The molecule has 1 aliphatic heterocycles. The first-order valence-electron chi connectivity index (χ1n) is 6.83. The molecule has 20 heavy (non-hydrogen) atoms. The summed E-state index contributed by atoms with van der Waals surface area (Å²) in [5, 5.41) is 0. The Morgan fingerprint density at radius 1 is 0.750 bits per heavy atom. The van der Waals surface area contributed by atoms with Gasteiger partial charge in [-0.05, 0) is 36.5 Å². The van der Waals surface area contributed by atoms with E-state index in [1.165, 1.54) is 4.90 Å². The van der Waals surface area contributed by atoms with Gasteiger partial charge in [-0.1, -0.05) is 0 Å². The van der Waals surface area contributed by atoms with Gasteiger partial charge in [-0.25, -0.2) is 14.5 Å². The molecule has 0 aromatic rings. The minimum atomic E-state index is -0.194. The molecule has 0 bridgehead atoms. The van der Waals surface area contributed by atoms with Crippen LogP contribution < -0.4 is 0 Å². The second-order valence-electron chi connectivity index (χ2n) is 4.62. The van der Waals surface area contributed by atoms with Gasteiger partial charge >= 0.3 is 12.1 Å². The Morgan fingerprint density at radius 2 is 1.15 bits per heavy atom. The Labute approximate surface area is 137 Å². The highest BCUT2D eigenvalue weighted by Crippen LogP contribution is 2.15. The molecule has 1 fully saturated rings. The van der Waals surface area contributed by atoms with Crippen LogP contribution in [-0.2, 0) is 0 Å². The maximum atomic E-state index is 12.3. The van der Waals surface area contributed by atoms with Gasteiger partial charge in [-0.2, -0.15) is 37.9 Å². The predicted octanol–water partition coefficient (Wildman–Crippen LogP) is 2.06. The van der Waals surface area contributed by atoms with Gasteiger partial charge in [-0.3, -0.25) is 0 Å². The number of hydrogen-bond acceptors (Lipinski definition) is 5. The largest absolute Gasteiger partial charge is 0.329 e. The average molecular weight is 338 g/mol. The monoisotopic (exact) mass is 337 g/mol. The van der Waals surface area contributed by atoms with E-state index in [9.17, 15) is 9.59 Å². The van der Waals surface area contributed by atoms with E-state index >= 15 is 0 Å². The van der Waals surface area contributed by atoms with Gasteiger partial charge in [0.15, 0.2) is 0 Å². The third kappa shape index (κ3) is 4.96. The van der Waals surface area contributed by atoms with Gasteiger partial charge in [-0.15, -0.1) is 0 Å². The van der Waals surface area contributed by atoms with Crippen LogP contribution in [0.25, 0.3) is 0 Å². The summed E-state index contributed by atoms with van der Waals surface area (Å²) in [6, 6.07) is -0.388. The summed E-state index contributed by atoms with van der Waals surface area (Å²) in [6.45, 7) is 2.06. The lowest BCUT2D eigenvalue weighted by Gasteiger charge is -2.41. The molecule has 0 unspecified atom stereocenters. The van der Waals surface area contributed by atoms with Crippen LogP contribution in [0.15, 0.2) is 0 Å². The van der Waals surface area contributed by atoms with Crippen molar-refractivity contribution in [3.8, 4) is 0 Å². The van der Waals surface area contributed by atoms with E-state index in [0.717, 1.165) is 24.3 Å². The van der Waals surface area contributed by atoms with Crippen molar-refractivity contribution < 1.29 is 9.59 Å². The van der Waals surface area contributed by atoms with E-state index in [1.54, 1.807) is 9.80 Å². The Kier molecular flexibility index (Phi) is 8.63. The molecule has 0 aliphatic carbocycles. The molecular weight excluding hydrogens is 314 g/mol. The van der Waals surface area contributed by atoms with Crippen molar-refractivity contribution in [3.05, 3.63) is 0 Å². The summed E-state index contributed by atoms with van der Waals surface area (Å²) in [4.78, 5) is 29.4. The molecule has 1 rings (SSSR count). The minimum Gasteiger partial charge on any atom is -0.306 e. The fraction of sp³-hybridized carbons (Fsp3) is 0.833. The van der Waals surface area contributed by atoms with Crippen molar-refractivity contribution in [1.82, 2.24) is 14.7 Å². The Bertz CT molecular complexity index is 305. The summed E-state index contributed by atoms with van der Waals surface area (Å²) < 4.78 is 0. The maximum Gasteiger partial charge on any atom is 0.329 e. The Morgan fingerprint density at radius 3 is 1.55 bits per heavy atom. The fourth-order valence-corrected chi connectivity index (χ4v) is 2.45. The van der Waals surface area contributed by atoms with E-state index in [0.29, 0.717) is 38.5 Å². The fourth-order valence-electron chi connectivity index (χ4n) is 2.03. The number of hydrogen-bond donors (Lipinski definition) is 3. The Hall–Kier alpha value is -0.210. The molecule has 0 saturated carbocycles. The van der Waals surface area contributed by atoms with E-state index in [4.69, 9.17) is 0 Å². The topological polar surface area (TPSA) is 43.9 Å². The molecule has 0 atom stereocenters. The zero-order valence-corrected chi connectivity index (χ0v) is 14.3. The minimum absolute atomic E-state index is 0.194. The average Bonchev–Trinajstić information content (AvgIpc) is 2.45. The van der Waals surface area contributed by atoms with Crippen LogP contribution in [0.4, 0.5) is 9.59 Å². The molecular formula is C12H23N3O2S3. The van der Waals surface area contributed by atoms with E-state index in [2.05, 4.69) is 37.9 Å². The lowest BCUT2D eigenvalue weighted by Crippen LogP contribution is -2.61. The van der Waals surface area contributed by atoms with Crippen LogP contribution in [0.5, 0.6) is 0 Å². The van der Waals surface area contributed by atoms with Crippen LogP contribution in [0.1, 0.15) is 19.3 Å². The number of amides is 4. The van der Waals surface area contributed by atoms with Crippen LogP contribution in [-0.4, -0.2) is 70.3 Å². The molecule has 1 saturated heterocycles. The first-order chi connectivity index (χ1) is 9.65. The molecule has 1 aliphatic rings. The zero-order valence-electron chi connectivity index (χ0n) is 11.6. The second kappa shape index (κ2) is 9.68. The maximum absolute atomic E-state index is 12.3. The smallest absolute Gasteiger partial charge is 0.306 e. The lowest BCUT2D eigenvalue weighted by molar-refractivity contribution is 0.0784. The highest BCUT2D eigenvalue weighted by atomic mass is 32.1. The molecule has 0 spiro atoms. The quantitative estimate of drug-likeness (QED) is 0.564. The molecule has 8 heteroatoms. The second-order valence-corrected chi connectivity index (χ2v) is 5.96. The first kappa shape index (κ1) is 17.8. The first-order valence-corrected chi connectivity index (χ1v) is 8.73. The van der Waals surface area contributed by atoms with Gasteiger partial charge in [0, 0.05) is 19.6 Å². The number of urea groups is 2. The highest BCUT2D eigenvalue weighted by molar-refractivity contribution is 7.80. The van der Waals surface area contributed by atoms with Gasteiger partial charge in [0.25, 0.3) is 0 Å². The molecule has 4 amide bonds. The molecule has 0 radical (unpaired) electrons. The number of carbonyl (C=O) groups is 2. The number of carbonyl (C=O) groups excluding carboxylic acids is 2. The summed E-state index contributed by atoms with van der Waals surface area (Å²) in [5.41, 5.74) is 0. The lowest BCUT2D eigenvalue weighted by atomic mass is 10.3. The molecule has 0 N–H and O–H groups in total. The summed E-state index contributed by atoms with van der Waals surface area (Å²) in [6.07, 6.45) is 2.36. The molecule has 116 valence electrons. The number of rotatable bonds is 9. The highest BCUT2D eigenvalue weighted by Gasteiger charge is 2.35. The van der Waals surface area contributed by atoms with Gasteiger partial charge in [0.2, 0.25) is 0 Å². The summed E-state index contributed by atoms with van der Waals surface area (Å²) >= 11 is 12.5. The summed E-state index contributed by atoms with van der Waals surface area (Å²) in [5.74, 6) is 2.11. The van der Waals surface area contributed by atoms with Crippen LogP contribution in [0.3, 0.4) is 0 Å². The van der Waals surface area contributed by atoms with Crippen molar-refractivity contribution in [2.75, 3.05) is 43.6 Å². The Balaban J connectivity index is 2.73. The summed E-state index contributed by atoms with van der Waals surface area (Å²) in [7, 11) is 0. The number of imide groups is 1. The predicted molar refractivity (Wildman–Crippen MR) is 91.2 cm³/mol. The standard InChI is InChI=1S/C12H23N3O2S3/c16-11-13(4-1-7-18)10-14(5-2-8-19)12(17)15(11)6-3-9-20/h18-20H,1-10H2. The van der Waals surface area contributed by atoms with Crippen molar-refractivity contribution in [3.63, 3.8) is 0 Å².